The van der Waals surface area contributed by atoms with Gasteiger partial charge in [-0.25, -0.2) is 9.78 Å². The number of nitrogens with one attached hydrogen (secondary N) is 1. The molecule has 0 aliphatic carbocycles. The van der Waals surface area contributed by atoms with E-state index in [2.05, 4.69) is 34.3 Å². The van der Waals surface area contributed by atoms with Gasteiger partial charge in [0.05, 0.1) is 13.2 Å². The summed E-state index contributed by atoms with van der Waals surface area (Å²) in [5.41, 5.74) is 1.17. The Kier molecular flexibility index (Phi) is 7.31. The second kappa shape index (κ2) is 10.1. The number of hydrogen-bond acceptors (Lipinski definition) is 4. The summed E-state index contributed by atoms with van der Waals surface area (Å²) in [5.74, 6) is 1.96. The van der Waals surface area contributed by atoms with E-state index in [0.29, 0.717) is 6.54 Å². The van der Waals surface area contributed by atoms with Crippen molar-refractivity contribution in [3.8, 4) is 5.75 Å². The van der Waals surface area contributed by atoms with Crippen molar-refractivity contribution < 1.29 is 9.53 Å². The minimum atomic E-state index is 0.0232. The molecule has 0 bridgehead atoms. The first kappa shape index (κ1) is 20.2. The Morgan fingerprint density at radius 3 is 2.79 bits per heavy atom. The van der Waals surface area contributed by atoms with Gasteiger partial charge in [-0.05, 0) is 30.5 Å². The maximum Gasteiger partial charge on any atom is 0.317 e. The fourth-order valence-corrected chi connectivity index (χ4v) is 3.29. The molecule has 3 rings (SSSR count). The van der Waals surface area contributed by atoms with Gasteiger partial charge in [-0.15, -0.1) is 0 Å². The molecule has 1 aliphatic rings. The molecule has 0 unspecified atom stereocenters. The highest BCUT2D eigenvalue weighted by molar-refractivity contribution is 5.74. The zero-order valence-corrected chi connectivity index (χ0v) is 16.9. The third-order valence-corrected chi connectivity index (χ3v) is 5.01. The van der Waals surface area contributed by atoms with Crippen LogP contribution in [-0.2, 0) is 20.0 Å². The number of rotatable bonds is 8. The highest BCUT2D eigenvalue weighted by Gasteiger charge is 2.21. The number of nitrogens with zero attached hydrogens (tertiary/aromatic N) is 4. The molecule has 0 radical (unpaired) electrons. The summed E-state index contributed by atoms with van der Waals surface area (Å²) >= 11 is 0. The lowest BCUT2D eigenvalue weighted by Gasteiger charge is -2.34. The number of aromatic nitrogens is 2. The van der Waals surface area contributed by atoms with Gasteiger partial charge in [0.15, 0.2) is 0 Å². The molecule has 1 aromatic heterocycles. The van der Waals surface area contributed by atoms with Crippen molar-refractivity contribution in [2.24, 2.45) is 7.05 Å². The van der Waals surface area contributed by atoms with Gasteiger partial charge in [0.1, 0.15) is 11.6 Å². The standard InChI is InChI=1S/C21H31N5O2/c1-3-15-28-19-6-4-5-18(16-19)7-8-23-21(27)26-13-11-25(12-14-26)17-20-22-9-10-24(20)2/h4-6,9-10,16H,3,7-8,11-15,17H2,1-2H3,(H,23,27). The number of carbonyl (C=O) groups excluding carboxylic acids is 1. The Bertz CT molecular complexity index is 753. The second-order valence-corrected chi connectivity index (χ2v) is 7.20. The monoisotopic (exact) mass is 385 g/mol. The number of hydrogen-bond donors (Lipinski definition) is 1. The molecule has 1 N–H and O–H groups in total. The summed E-state index contributed by atoms with van der Waals surface area (Å²) < 4.78 is 7.71. The maximum atomic E-state index is 12.4. The average molecular weight is 386 g/mol. The molecule has 2 aromatic rings. The SMILES string of the molecule is CCCOc1cccc(CCNC(=O)N2CCN(Cc3nccn3C)CC2)c1. The highest BCUT2D eigenvalue weighted by Crippen LogP contribution is 2.14. The van der Waals surface area contributed by atoms with Crippen LogP contribution in [0, 0.1) is 0 Å². The van der Waals surface area contributed by atoms with E-state index in [1.165, 1.54) is 5.56 Å². The summed E-state index contributed by atoms with van der Waals surface area (Å²) in [6, 6.07) is 8.13. The van der Waals surface area contributed by atoms with E-state index in [4.69, 9.17) is 4.74 Å². The minimum Gasteiger partial charge on any atom is -0.494 e. The average Bonchev–Trinajstić information content (AvgIpc) is 3.11. The molecule has 0 atom stereocenters. The van der Waals surface area contributed by atoms with Crippen LogP contribution >= 0.6 is 0 Å². The van der Waals surface area contributed by atoms with Crippen molar-refractivity contribution in [2.45, 2.75) is 26.3 Å². The van der Waals surface area contributed by atoms with Crippen LogP contribution in [0.1, 0.15) is 24.7 Å². The Balaban J connectivity index is 1.37. The lowest BCUT2D eigenvalue weighted by atomic mass is 10.1. The lowest BCUT2D eigenvalue weighted by molar-refractivity contribution is 0.133. The number of aryl methyl sites for hydroxylation is 1. The molecule has 1 saturated heterocycles. The first-order chi connectivity index (χ1) is 13.7. The molecule has 1 aromatic carbocycles. The third-order valence-electron chi connectivity index (χ3n) is 5.01. The second-order valence-electron chi connectivity index (χ2n) is 7.20. The van der Waals surface area contributed by atoms with E-state index in [9.17, 15) is 4.79 Å². The number of carbonyl (C=O) groups is 1. The van der Waals surface area contributed by atoms with Crippen LogP contribution in [0.5, 0.6) is 5.75 Å². The molecule has 7 heteroatoms. The number of imidazole rings is 1. The van der Waals surface area contributed by atoms with Gasteiger partial charge in [-0.3, -0.25) is 4.90 Å². The van der Waals surface area contributed by atoms with Gasteiger partial charge in [0, 0.05) is 52.2 Å². The maximum absolute atomic E-state index is 12.4. The van der Waals surface area contributed by atoms with Crippen LogP contribution in [0.2, 0.25) is 0 Å². The molecular weight excluding hydrogens is 354 g/mol. The molecule has 0 saturated carbocycles. The number of piperazine rings is 1. The van der Waals surface area contributed by atoms with Crippen LogP contribution in [0.4, 0.5) is 4.79 Å². The van der Waals surface area contributed by atoms with Crippen LogP contribution in [0.25, 0.3) is 0 Å². The van der Waals surface area contributed by atoms with Crippen LogP contribution in [0.3, 0.4) is 0 Å². The fourth-order valence-electron chi connectivity index (χ4n) is 3.29. The number of amides is 2. The van der Waals surface area contributed by atoms with E-state index in [-0.39, 0.29) is 6.03 Å². The van der Waals surface area contributed by atoms with Crippen molar-refractivity contribution in [1.29, 1.82) is 0 Å². The van der Waals surface area contributed by atoms with Crippen molar-refractivity contribution in [3.05, 3.63) is 48.0 Å². The minimum absolute atomic E-state index is 0.0232. The predicted octanol–water partition coefficient (Wildman–Crippen LogP) is 2.28. The molecule has 1 aliphatic heterocycles. The Morgan fingerprint density at radius 1 is 1.25 bits per heavy atom. The van der Waals surface area contributed by atoms with Gasteiger partial charge in [0.2, 0.25) is 0 Å². The Labute approximate surface area is 167 Å². The molecule has 28 heavy (non-hydrogen) atoms. The van der Waals surface area contributed by atoms with Crippen molar-refractivity contribution >= 4 is 6.03 Å². The zero-order chi connectivity index (χ0) is 19.8. The molecule has 2 amide bonds. The topological polar surface area (TPSA) is 62.6 Å². The van der Waals surface area contributed by atoms with E-state index in [1.807, 2.05) is 41.0 Å². The lowest BCUT2D eigenvalue weighted by Crippen LogP contribution is -2.51. The van der Waals surface area contributed by atoms with Gasteiger partial charge in [-0.1, -0.05) is 19.1 Å². The van der Waals surface area contributed by atoms with Crippen molar-refractivity contribution in [2.75, 3.05) is 39.3 Å². The predicted molar refractivity (Wildman–Crippen MR) is 109 cm³/mol. The van der Waals surface area contributed by atoms with E-state index < -0.39 is 0 Å². The van der Waals surface area contributed by atoms with E-state index >= 15 is 0 Å². The summed E-state index contributed by atoms with van der Waals surface area (Å²) in [4.78, 5) is 21.0. The molecule has 7 nitrogen and oxygen atoms in total. The smallest absolute Gasteiger partial charge is 0.317 e. The Morgan fingerprint density at radius 2 is 2.07 bits per heavy atom. The molecule has 2 heterocycles. The van der Waals surface area contributed by atoms with Crippen LogP contribution < -0.4 is 10.1 Å². The zero-order valence-electron chi connectivity index (χ0n) is 16.9. The largest absolute Gasteiger partial charge is 0.494 e. The van der Waals surface area contributed by atoms with E-state index in [0.717, 1.165) is 63.7 Å². The normalized spacial score (nSPS) is 14.9. The molecule has 1 fully saturated rings. The van der Waals surface area contributed by atoms with E-state index in [1.54, 1.807) is 0 Å². The number of benzene rings is 1. The summed E-state index contributed by atoms with van der Waals surface area (Å²) in [6.45, 7) is 7.52. The molecular formula is C21H31N5O2. The van der Waals surface area contributed by atoms with Crippen LogP contribution in [-0.4, -0.2) is 64.7 Å². The first-order valence-electron chi connectivity index (χ1n) is 10.1. The quantitative estimate of drug-likeness (QED) is 0.757. The molecule has 152 valence electrons. The van der Waals surface area contributed by atoms with Gasteiger partial charge in [0.25, 0.3) is 0 Å². The summed E-state index contributed by atoms with van der Waals surface area (Å²) in [6.07, 6.45) is 5.58. The summed E-state index contributed by atoms with van der Waals surface area (Å²) in [7, 11) is 2.01. The van der Waals surface area contributed by atoms with Gasteiger partial charge in [-0.2, -0.15) is 0 Å². The fraction of sp³-hybridized carbons (Fsp3) is 0.524. The molecule has 0 spiro atoms. The Hall–Kier alpha value is -2.54. The van der Waals surface area contributed by atoms with Gasteiger partial charge >= 0.3 is 6.03 Å². The van der Waals surface area contributed by atoms with Crippen LogP contribution in [0.15, 0.2) is 36.7 Å². The van der Waals surface area contributed by atoms with Gasteiger partial charge < -0.3 is 19.5 Å². The summed E-state index contributed by atoms with van der Waals surface area (Å²) in [5, 5.41) is 3.04. The number of ether oxygens (including phenoxy) is 1. The highest BCUT2D eigenvalue weighted by atomic mass is 16.5. The first-order valence-corrected chi connectivity index (χ1v) is 10.1. The number of urea groups is 1. The third kappa shape index (κ3) is 5.73. The van der Waals surface area contributed by atoms with Crippen molar-refractivity contribution in [3.63, 3.8) is 0 Å². The van der Waals surface area contributed by atoms with Crippen molar-refractivity contribution in [1.82, 2.24) is 24.7 Å².